The molecule has 0 unspecified atom stereocenters. The van der Waals surface area contributed by atoms with E-state index >= 15 is 0 Å². The van der Waals surface area contributed by atoms with Crippen LogP contribution in [-0.4, -0.2) is 18.7 Å². The highest BCUT2D eigenvalue weighted by molar-refractivity contribution is 9.10. The maximum Gasteiger partial charge on any atom is 0.134 e. The number of halogens is 2. The largest absolute Gasteiger partial charge is 0.496 e. The number of hydrogen-bond acceptors (Lipinski definition) is 2. The standard InChI is InChI=1S/C10H12BrClOS/c1-13-10-7-8(3-4-9(10)11)14-6-2-5-12/h3-4,7H,2,5-6H2,1H3. The van der Waals surface area contributed by atoms with Gasteiger partial charge in [-0.25, -0.2) is 0 Å². The summed E-state index contributed by atoms with van der Waals surface area (Å²) < 4.78 is 6.19. The van der Waals surface area contributed by atoms with Gasteiger partial charge in [-0.2, -0.15) is 0 Å². The summed E-state index contributed by atoms with van der Waals surface area (Å²) in [5.74, 6) is 2.65. The van der Waals surface area contributed by atoms with E-state index in [-0.39, 0.29) is 0 Å². The minimum Gasteiger partial charge on any atom is -0.496 e. The molecule has 0 saturated carbocycles. The van der Waals surface area contributed by atoms with Gasteiger partial charge >= 0.3 is 0 Å². The van der Waals surface area contributed by atoms with Crippen molar-refractivity contribution in [1.82, 2.24) is 0 Å². The summed E-state index contributed by atoms with van der Waals surface area (Å²) in [6.45, 7) is 0. The minimum absolute atomic E-state index is 0.723. The predicted octanol–water partition coefficient (Wildman–Crippen LogP) is 4.18. The van der Waals surface area contributed by atoms with Crippen molar-refractivity contribution in [1.29, 1.82) is 0 Å². The van der Waals surface area contributed by atoms with Gasteiger partial charge in [0.1, 0.15) is 5.75 Å². The molecule has 0 amide bonds. The smallest absolute Gasteiger partial charge is 0.134 e. The van der Waals surface area contributed by atoms with Crippen LogP contribution in [0.3, 0.4) is 0 Å². The Bertz CT molecular complexity index is 293. The van der Waals surface area contributed by atoms with E-state index < -0.39 is 0 Å². The van der Waals surface area contributed by atoms with E-state index in [1.165, 1.54) is 4.90 Å². The van der Waals surface area contributed by atoms with E-state index in [2.05, 4.69) is 22.0 Å². The van der Waals surface area contributed by atoms with Crippen LogP contribution < -0.4 is 4.74 Å². The van der Waals surface area contributed by atoms with Gasteiger partial charge in [-0.1, -0.05) is 0 Å². The second-order valence-electron chi connectivity index (χ2n) is 2.69. The molecule has 0 spiro atoms. The van der Waals surface area contributed by atoms with E-state index in [1.807, 2.05) is 12.1 Å². The second kappa shape index (κ2) is 6.59. The van der Waals surface area contributed by atoms with Crippen LogP contribution in [0.5, 0.6) is 5.75 Å². The van der Waals surface area contributed by atoms with Crippen LogP contribution in [0.4, 0.5) is 0 Å². The fraction of sp³-hybridized carbons (Fsp3) is 0.400. The van der Waals surface area contributed by atoms with Crippen LogP contribution in [0.25, 0.3) is 0 Å². The van der Waals surface area contributed by atoms with Crippen LogP contribution in [0.1, 0.15) is 6.42 Å². The first-order valence-electron chi connectivity index (χ1n) is 4.30. The molecule has 4 heteroatoms. The molecule has 1 nitrogen and oxygen atoms in total. The normalized spacial score (nSPS) is 10.2. The first-order chi connectivity index (χ1) is 6.77. The average molecular weight is 296 g/mol. The zero-order valence-corrected chi connectivity index (χ0v) is 11.1. The quantitative estimate of drug-likeness (QED) is 0.458. The van der Waals surface area contributed by atoms with Gasteiger partial charge in [0, 0.05) is 10.8 Å². The number of thioether (sulfide) groups is 1. The molecule has 0 atom stereocenters. The molecule has 0 heterocycles. The first kappa shape index (κ1) is 12.2. The van der Waals surface area contributed by atoms with E-state index in [4.69, 9.17) is 16.3 Å². The molecule has 1 aromatic carbocycles. The van der Waals surface area contributed by atoms with E-state index in [9.17, 15) is 0 Å². The molecule has 0 aromatic heterocycles. The molecule has 0 bridgehead atoms. The third-order valence-electron chi connectivity index (χ3n) is 1.67. The molecule has 0 aliphatic heterocycles. The number of rotatable bonds is 5. The fourth-order valence-electron chi connectivity index (χ4n) is 0.974. The van der Waals surface area contributed by atoms with Gasteiger partial charge in [-0.15, -0.1) is 23.4 Å². The number of hydrogen-bond donors (Lipinski definition) is 0. The first-order valence-corrected chi connectivity index (χ1v) is 6.61. The second-order valence-corrected chi connectivity index (χ2v) is 5.09. The summed E-state index contributed by atoms with van der Waals surface area (Å²) >= 11 is 10.8. The lowest BCUT2D eigenvalue weighted by Crippen LogP contribution is -1.86. The molecule has 0 fully saturated rings. The van der Waals surface area contributed by atoms with Crippen molar-refractivity contribution in [2.45, 2.75) is 11.3 Å². The Labute approximate surface area is 102 Å². The third kappa shape index (κ3) is 3.71. The summed E-state index contributed by atoms with van der Waals surface area (Å²) in [4.78, 5) is 1.22. The van der Waals surface area contributed by atoms with Gasteiger partial charge in [0.05, 0.1) is 11.6 Å². The van der Waals surface area contributed by atoms with Crippen molar-refractivity contribution in [2.75, 3.05) is 18.7 Å². The minimum atomic E-state index is 0.723. The van der Waals surface area contributed by atoms with Gasteiger partial charge in [-0.05, 0) is 46.3 Å². The molecule has 0 aliphatic rings. The van der Waals surface area contributed by atoms with Crippen molar-refractivity contribution in [2.24, 2.45) is 0 Å². The topological polar surface area (TPSA) is 9.23 Å². The Balaban J connectivity index is 2.60. The number of methoxy groups -OCH3 is 1. The van der Waals surface area contributed by atoms with E-state index in [0.717, 1.165) is 28.3 Å². The number of ether oxygens (including phenoxy) is 1. The average Bonchev–Trinajstić information content (AvgIpc) is 2.21. The van der Waals surface area contributed by atoms with Crippen molar-refractivity contribution >= 4 is 39.3 Å². The molecule has 78 valence electrons. The van der Waals surface area contributed by atoms with Crippen LogP contribution in [0.2, 0.25) is 0 Å². The lowest BCUT2D eigenvalue weighted by Gasteiger charge is -2.05. The van der Waals surface area contributed by atoms with Crippen LogP contribution in [0, 0.1) is 0 Å². The van der Waals surface area contributed by atoms with Crippen LogP contribution in [0.15, 0.2) is 27.6 Å². The maximum atomic E-state index is 5.61. The lowest BCUT2D eigenvalue weighted by molar-refractivity contribution is 0.411. The van der Waals surface area contributed by atoms with Crippen molar-refractivity contribution in [3.8, 4) is 5.75 Å². The van der Waals surface area contributed by atoms with Crippen molar-refractivity contribution in [3.05, 3.63) is 22.7 Å². The summed E-state index contributed by atoms with van der Waals surface area (Å²) in [6.07, 6.45) is 1.03. The van der Waals surface area contributed by atoms with Crippen LogP contribution >= 0.6 is 39.3 Å². The SMILES string of the molecule is COc1cc(SCCCCl)ccc1Br. The molecule has 0 N–H and O–H groups in total. The molecule has 14 heavy (non-hydrogen) atoms. The Morgan fingerprint density at radius 2 is 2.29 bits per heavy atom. The van der Waals surface area contributed by atoms with Gasteiger partial charge in [0.2, 0.25) is 0 Å². The van der Waals surface area contributed by atoms with Crippen molar-refractivity contribution < 1.29 is 4.74 Å². The third-order valence-corrected chi connectivity index (χ3v) is 3.67. The molecule has 0 radical (unpaired) electrons. The van der Waals surface area contributed by atoms with Crippen molar-refractivity contribution in [3.63, 3.8) is 0 Å². The lowest BCUT2D eigenvalue weighted by atomic mass is 10.3. The zero-order chi connectivity index (χ0) is 10.4. The Hall–Kier alpha value is 0.140. The van der Waals surface area contributed by atoms with Gasteiger partial charge in [-0.3, -0.25) is 0 Å². The number of benzene rings is 1. The van der Waals surface area contributed by atoms with Gasteiger partial charge < -0.3 is 4.74 Å². The highest BCUT2D eigenvalue weighted by Gasteiger charge is 2.01. The summed E-state index contributed by atoms with van der Waals surface area (Å²) in [5, 5.41) is 0. The Morgan fingerprint density at radius 1 is 1.50 bits per heavy atom. The molecular formula is C10H12BrClOS. The monoisotopic (exact) mass is 294 g/mol. The summed E-state index contributed by atoms with van der Waals surface area (Å²) in [6, 6.07) is 6.11. The fourth-order valence-corrected chi connectivity index (χ4v) is 2.55. The molecule has 0 saturated heterocycles. The number of alkyl halides is 1. The van der Waals surface area contributed by atoms with E-state index in [0.29, 0.717) is 0 Å². The van der Waals surface area contributed by atoms with Crippen LogP contribution in [-0.2, 0) is 0 Å². The summed E-state index contributed by atoms with van der Waals surface area (Å²) in [5.41, 5.74) is 0. The zero-order valence-electron chi connectivity index (χ0n) is 7.93. The molecule has 0 aliphatic carbocycles. The van der Waals surface area contributed by atoms with Gasteiger partial charge in [0.25, 0.3) is 0 Å². The Kier molecular flexibility index (Phi) is 5.75. The highest BCUT2D eigenvalue weighted by atomic mass is 79.9. The van der Waals surface area contributed by atoms with Gasteiger partial charge in [0.15, 0.2) is 0 Å². The Morgan fingerprint density at radius 3 is 2.93 bits per heavy atom. The molecule has 1 aromatic rings. The molecule has 1 rings (SSSR count). The molecular weight excluding hydrogens is 284 g/mol. The summed E-state index contributed by atoms with van der Waals surface area (Å²) in [7, 11) is 1.67. The maximum absolute atomic E-state index is 5.61. The van der Waals surface area contributed by atoms with E-state index in [1.54, 1.807) is 18.9 Å². The highest BCUT2D eigenvalue weighted by Crippen LogP contribution is 2.30. The predicted molar refractivity (Wildman–Crippen MR) is 66.8 cm³/mol.